The number of hydrogen-bond acceptors (Lipinski definition) is 3. The summed E-state index contributed by atoms with van der Waals surface area (Å²) in [5.41, 5.74) is 8.91. The van der Waals surface area contributed by atoms with Gasteiger partial charge in [-0.3, -0.25) is 4.79 Å². The lowest BCUT2D eigenvalue weighted by molar-refractivity contribution is 0.0765. The van der Waals surface area contributed by atoms with E-state index >= 15 is 0 Å². The maximum absolute atomic E-state index is 12.4. The zero-order valence-corrected chi connectivity index (χ0v) is 12.4. The Hall–Kier alpha value is -2.20. The second-order valence-electron chi connectivity index (χ2n) is 5.03. The molecule has 0 unspecified atom stereocenters. The molecule has 21 heavy (non-hydrogen) atoms. The summed E-state index contributed by atoms with van der Waals surface area (Å²) in [5, 5.41) is 0.624. The van der Waals surface area contributed by atoms with Gasteiger partial charge in [-0.2, -0.15) is 0 Å². The minimum absolute atomic E-state index is 0.0145. The molecule has 1 aliphatic heterocycles. The van der Waals surface area contributed by atoms with E-state index in [1.54, 1.807) is 24.1 Å². The molecule has 1 aliphatic rings. The molecule has 0 saturated carbocycles. The number of nitrogen functional groups attached to an aromatic ring is 1. The minimum atomic E-state index is -0.0145. The van der Waals surface area contributed by atoms with Gasteiger partial charge in [0.15, 0.2) is 0 Å². The highest BCUT2D eigenvalue weighted by Gasteiger charge is 2.28. The number of carbonyl (C=O) groups is 1. The van der Waals surface area contributed by atoms with Crippen molar-refractivity contribution in [2.75, 3.05) is 12.8 Å². The van der Waals surface area contributed by atoms with E-state index in [9.17, 15) is 4.79 Å². The van der Waals surface area contributed by atoms with Gasteiger partial charge >= 0.3 is 0 Å². The Morgan fingerprint density at radius 2 is 2.10 bits per heavy atom. The summed E-state index contributed by atoms with van der Waals surface area (Å²) in [7, 11) is 1.61. The van der Waals surface area contributed by atoms with Gasteiger partial charge in [0.2, 0.25) is 0 Å². The van der Waals surface area contributed by atoms with Crippen LogP contribution in [0.4, 0.5) is 5.69 Å². The zero-order chi connectivity index (χ0) is 15.0. The highest BCUT2D eigenvalue weighted by molar-refractivity contribution is 6.30. The van der Waals surface area contributed by atoms with E-state index in [-0.39, 0.29) is 5.91 Å². The number of rotatable bonds is 3. The molecule has 3 rings (SSSR count). The maximum atomic E-state index is 12.4. The molecule has 4 nitrogen and oxygen atoms in total. The third kappa shape index (κ3) is 2.54. The number of fused-ring (bicyclic) bond motifs is 1. The Balaban J connectivity index is 1.88. The number of nitrogens with two attached hydrogens (primary N) is 1. The monoisotopic (exact) mass is 302 g/mol. The maximum Gasteiger partial charge on any atom is 0.254 e. The summed E-state index contributed by atoms with van der Waals surface area (Å²) >= 11 is 6.03. The van der Waals surface area contributed by atoms with Gasteiger partial charge in [-0.05, 0) is 35.9 Å². The molecule has 1 heterocycles. The number of methoxy groups -OCH3 is 1. The molecule has 0 atom stereocenters. The molecule has 0 saturated heterocycles. The number of anilines is 1. The van der Waals surface area contributed by atoms with Gasteiger partial charge in [0.25, 0.3) is 5.91 Å². The van der Waals surface area contributed by atoms with Crippen molar-refractivity contribution in [3.8, 4) is 5.75 Å². The summed E-state index contributed by atoms with van der Waals surface area (Å²) in [6.45, 7) is 1.03. The van der Waals surface area contributed by atoms with Crippen molar-refractivity contribution in [3.05, 3.63) is 58.1 Å². The van der Waals surface area contributed by atoms with Gasteiger partial charge in [0, 0.05) is 28.4 Å². The Morgan fingerprint density at radius 3 is 2.86 bits per heavy atom. The minimum Gasteiger partial charge on any atom is -0.496 e. The Labute approximate surface area is 128 Å². The van der Waals surface area contributed by atoms with Gasteiger partial charge in [-0.25, -0.2) is 0 Å². The molecule has 0 fully saturated rings. The second-order valence-corrected chi connectivity index (χ2v) is 5.47. The van der Waals surface area contributed by atoms with E-state index in [0.717, 1.165) is 16.9 Å². The van der Waals surface area contributed by atoms with Crippen LogP contribution in [0.3, 0.4) is 0 Å². The molecular formula is C16H15ClN2O2. The number of benzene rings is 2. The lowest BCUT2D eigenvalue weighted by Gasteiger charge is -2.17. The van der Waals surface area contributed by atoms with Crippen molar-refractivity contribution >= 4 is 23.2 Å². The van der Waals surface area contributed by atoms with Crippen LogP contribution in [-0.4, -0.2) is 17.9 Å². The summed E-state index contributed by atoms with van der Waals surface area (Å²) in [6.07, 6.45) is 0. The van der Waals surface area contributed by atoms with E-state index in [0.29, 0.717) is 29.4 Å². The second kappa shape index (κ2) is 5.30. The van der Waals surface area contributed by atoms with Crippen molar-refractivity contribution in [1.29, 1.82) is 0 Å². The Morgan fingerprint density at radius 1 is 1.29 bits per heavy atom. The first-order chi connectivity index (χ1) is 10.1. The van der Waals surface area contributed by atoms with Crippen LogP contribution >= 0.6 is 11.6 Å². The first-order valence-electron chi connectivity index (χ1n) is 6.58. The molecule has 5 heteroatoms. The third-order valence-electron chi connectivity index (χ3n) is 3.62. The van der Waals surface area contributed by atoms with Crippen molar-refractivity contribution in [3.63, 3.8) is 0 Å². The number of amides is 1. The van der Waals surface area contributed by atoms with E-state index in [2.05, 4.69) is 0 Å². The first-order valence-corrected chi connectivity index (χ1v) is 6.96. The van der Waals surface area contributed by atoms with Crippen LogP contribution in [0.15, 0.2) is 36.4 Å². The largest absolute Gasteiger partial charge is 0.496 e. The van der Waals surface area contributed by atoms with Crippen molar-refractivity contribution in [2.45, 2.75) is 13.1 Å². The average molecular weight is 303 g/mol. The molecule has 0 bridgehead atoms. The van der Waals surface area contributed by atoms with Crippen molar-refractivity contribution in [1.82, 2.24) is 4.90 Å². The highest BCUT2D eigenvalue weighted by atomic mass is 35.5. The molecular weight excluding hydrogens is 288 g/mol. The van der Waals surface area contributed by atoms with E-state index in [1.807, 2.05) is 24.3 Å². The predicted molar refractivity (Wildman–Crippen MR) is 82.4 cm³/mol. The Kier molecular flexibility index (Phi) is 3.47. The first kappa shape index (κ1) is 13.8. The van der Waals surface area contributed by atoms with Crippen LogP contribution in [0.5, 0.6) is 5.75 Å². The van der Waals surface area contributed by atoms with Crippen LogP contribution < -0.4 is 10.5 Å². The van der Waals surface area contributed by atoms with E-state index in [1.165, 1.54) is 0 Å². The molecule has 0 aliphatic carbocycles. The van der Waals surface area contributed by atoms with Crippen LogP contribution in [0.25, 0.3) is 0 Å². The molecule has 0 aromatic heterocycles. The highest BCUT2D eigenvalue weighted by Crippen LogP contribution is 2.29. The molecule has 2 aromatic carbocycles. The smallest absolute Gasteiger partial charge is 0.254 e. The molecule has 2 aromatic rings. The number of halogens is 1. The van der Waals surface area contributed by atoms with Crippen LogP contribution in [0, 0.1) is 0 Å². The van der Waals surface area contributed by atoms with E-state index < -0.39 is 0 Å². The van der Waals surface area contributed by atoms with Gasteiger partial charge in [0.1, 0.15) is 5.75 Å². The summed E-state index contributed by atoms with van der Waals surface area (Å²) in [4.78, 5) is 14.2. The summed E-state index contributed by atoms with van der Waals surface area (Å²) < 4.78 is 5.33. The Bertz CT molecular complexity index is 715. The van der Waals surface area contributed by atoms with Crippen molar-refractivity contribution < 1.29 is 9.53 Å². The zero-order valence-electron chi connectivity index (χ0n) is 11.6. The van der Waals surface area contributed by atoms with E-state index in [4.69, 9.17) is 22.1 Å². The van der Waals surface area contributed by atoms with Crippen LogP contribution in [0.2, 0.25) is 5.02 Å². The molecule has 0 radical (unpaired) electrons. The topological polar surface area (TPSA) is 55.6 Å². The molecule has 2 N–H and O–H groups in total. The average Bonchev–Trinajstić information content (AvgIpc) is 2.76. The van der Waals surface area contributed by atoms with Gasteiger partial charge in [-0.15, -0.1) is 0 Å². The molecule has 0 spiro atoms. The number of hydrogen-bond donors (Lipinski definition) is 1. The van der Waals surface area contributed by atoms with Gasteiger partial charge in [0.05, 0.1) is 13.7 Å². The SMILES string of the molecule is COc1ccc(Cl)cc1CN1Cc2ccc(N)cc2C1=O. The fourth-order valence-electron chi connectivity index (χ4n) is 2.58. The number of nitrogens with zero attached hydrogens (tertiary/aromatic N) is 1. The lowest BCUT2D eigenvalue weighted by Crippen LogP contribution is -2.23. The standard InChI is InChI=1S/C16H15ClN2O2/c1-21-15-5-3-12(17)6-11(15)9-19-8-10-2-4-13(18)7-14(10)16(19)20/h2-7H,8-9,18H2,1H3. The van der Waals surface area contributed by atoms with Gasteiger partial charge in [-0.1, -0.05) is 17.7 Å². The lowest BCUT2D eigenvalue weighted by atomic mass is 10.1. The fourth-order valence-corrected chi connectivity index (χ4v) is 2.78. The predicted octanol–water partition coefficient (Wildman–Crippen LogP) is 3.09. The van der Waals surface area contributed by atoms with Crippen LogP contribution in [-0.2, 0) is 13.1 Å². The normalized spacial score (nSPS) is 13.4. The quantitative estimate of drug-likeness (QED) is 0.887. The number of ether oxygens (including phenoxy) is 1. The third-order valence-corrected chi connectivity index (χ3v) is 3.85. The summed E-state index contributed by atoms with van der Waals surface area (Å²) in [6, 6.07) is 10.8. The van der Waals surface area contributed by atoms with Crippen LogP contribution in [0.1, 0.15) is 21.5 Å². The molecule has 108 valence electrons. The number of carbonyl (C=O) groups excluding carboxylic acids is 1. The van der Waals surface area contributed by atoms with Crippen molar-refractivity contribution in [2.24, 2.45) is 0 Å². The molecule has 1 amide bonds. The fraction of sp³-hybridized carbons (Fsp3) is 0.188. The summed E-state index contributed by atoms with van der Waals surface area (Å²) in [5.74, 6) is 0.710. The van der Waals surface area contributed by atoms with Gasteiger partial charge < -0.3 is 15.4 Å².